The molecule has 1 unspecified atom stereocenters. The second kappa shape index (κ2) is 6.75. The van der Waals surface area contributed by atoms with Crippen LogP contribution in [0.2, 0.25) is 0 Å². The van der Waals surface area contributed by atoms with E-state index in [0.717, 1.165) is 29.9 Å². The van der Waals surface area contributed by atoms with E-state index in [1.807, 2.05) is 31.2 Å². The largest absolute Gasteiger partial charge is 0.497 e. The lowest BCUT2D eigenvalue weighted by molar-refractivity contribution is 0.0938. The number of amides is 1. The summed E-state index contributed by atoms with van der Waals surface area (Å²) in [4.78, 5) is 16.0. The Labute approximate surface area is 152 Å². The van der Waals surface area contributed by atoms with Gasteiger partial charge in [-0.15, -0.1) is 0 Å². The van der Waals surface area contributed by atoms with Crippen LogP contribution in [0.1, 0.15) is 28.5 Å². The van der Waals surface area contributed by atoms with Crippen molar-refractivity contribution < 1.29 is 14.3 Å². The van der Waals surface area contributed by atoms with E-state index in [9.17, 15) is 4.79 Å². The van der Waals surface area contributed by atoms with E-state index in [-0.39, 0.29) is 11.9 Å². The van der Waals surface area contributed by atoms with Gasteiger partial charge in [0.15, 0.2) is 0 Å². The highest BCUT2D eigenvalue weighted by Crippen LogP contribution is 2.32. The molecule has 1 aliphatic rings. The van der Waals surface area contributed by atoms with Gasteiger partial charge in [-0.3, -0.25) is 4.79 Å². The van der Waals surface area contributed by atoms with Crippen molar-refractivity contribution in [2.75, 3.05) is 13.7 Å². The quantitative estimate of drug-likeness (QED) is 0.741. The summed E-state index contributed by atoms with van der Waals surface area (Å²) in [5, 5.41) is 4.32. The van der Waals surface area contributed by atoms with Crippen molar-refractivity contribution in [2.24, 2.45) is 0 Å². The molecular formula is C21H22N2O3. The molecule has 2 aromatic carbocycles. The van der Waals surface area contributed by atoms with Crippen molar-refractivity contribution in [3.8, 4) is 11.5 Å². The summed E-state index contributed by atoms with van der Waals surface area (Å²) in [6.07, 6.45) is 1.64. The zero-order valence-corrected chi connectivity index (χ0v) is 15.0. The third-order valence-corrected chi connectivity index (χ3v) is 4.87. The summed E-state index contributed by atoms with van der Waals surface area (Å²) in [6.45, 7) is 2.55. The molecule has 0 saturated heterocycles. The van der Waals surface area contributed by atoms with Gasteiger partial charge in [-0.2, -0.15) is 0 Å². The Balaban J connectivity index is 1.47. The molecule has 0 aliphatic heterocycles. The number of hydrogen-bond donors (Lipinski definition) is 2. The van der Waals surface area contributed by atoms with Gasteiger partial charge in [-0.25, -0.2) is 0 Å². The van der Waals surface area contributed by atoms with Crippen LogP contribution in [0.15, 0.2) is 42.5 Å². The lowest BCUT2D eigenvalue weighted by Crippen LogP contribution is -2.35. The summed E-state index contributed by atoms with van der Waals surface area (Å²) in [5.74, 6) is 1.58. The minimum absolute atomic E-state index is 0.0508. The average molecular weight is 350 g/mol. The number of fused-ring (bicyclic) bond motifs is 3. The van der Waals surface area contributed by atoms with Crippen LogP contribution >= 0.6 is 0 Å². The van der Waals surface area contributed by atoms with Gasteiger partial charge >= 0.3 is 0 Å². The fourth-order valence-corrected chi connectivity index (χ4v) is 3.62. The number of aromatic nitrogens is 1. The predicted molar refractivity (Wildman–Crippen MR) is 101 cm³/mol. The van der Waals surface area contributed by atoms with E-state index in [1.54, 1.807) is 19.2 Å². The zero-order chi connectivity index (χ0) is 18.1. The van der Waals surface area contributed by atoms with Crippen molar-refractivity contribution in [1.29, 1.82) is 0 Å². The van der Waals surface area contributed by atoms with Crippen molar-refractivity contribution in [1.82, 2.24) is 10.3 Å². The third kappa shape index (κ3) is 3.01. The minimum Gasteiger partial charge on any atom is -0.497 e. The zero-order valence-electron chi connectivity index (χ0n) is 15.0. The van der Waals surface area contributed by atoms with E-state index in [0.29, 0.717) is 12.2 Å². The Morgan fingerprint density at radius 3 is 2.65 bits per heavy atom. The maximum atomic E-state index is 12.5. The number of methoxy groups -OCH3 is 1. The number of carbonyl (C=O) groups excluding carboxylic acids is 1. The van der Waals surface area contributed by atoms with Gasteiger partial charge in [0.25, 0.3) is 5.91 Å². The maximum absolute atomic E-state index is 12.5. The summed E-state index contributed by atoms with van der Waals surface area (Å²) in [7, 11) is 1.67. The van der Waals surface area contributed by atoms with Crippen LogP contribution in [-0.4, -0.2) is 30.6 Å². The van der Waals surface area contributed by atoms with Crippen LogP contribution in [0.3, 0.4) is 0 Å². The van der Waals surface area contributed by atoms with Crippen LogP contribution < -0.4 is 14.8 Å². The molecule has 0 radical (unpaired) electrons. The number of ether oxygens (including phenoxy) is 2. The summed E-state index contributed by atoms with van der Waals surface area (Å²) in [5.41, 5.74) is 4.24. The van der Waals surface area contributed by atoms with Gasteiger partial charge in [0.1, 0.15) is 11.5 Å². The molecule has 1 aliphatic carbocycles. The Bertz CT molecular complexity index is 944. The van der Waals surface area contributed by atoms with E-state index < -0.39 is 0 Å². The Morgan fingerprint density at radius 2 is 1.92 bits per heavy atom. The Hall–Kier alpha value is -2.95. The van der Waals surface area contributed by atoms with E-state index in [4.69, 9.17) is 9.47 Å². The average Bonchev–Trinajstić information content (AvgIpc) is 3.19. The molecule has 26 heavy (non-hydrogen) atoms. The molecule has 0 saturated carbocycles. The fraction of sp³-hybridized carbons (Fsp3) is 0.286. The molecule has 5 heteroatoms. The fourth-order valence-electron chi connectivity index (χ4n) is 3.62. The van der Waals surface area contributed by atoms with Gasteiger partial charge < -0.3 is 19.8 Å². The highest BCUT2D eigenvalue weighted by Gasteiger charge is 2.27. The molecule has 0 fully saturated rings. The summed E-state index contributed by atoms with van der Waals surface area (Å²) >= 11 is 0. The summed E-state index contributed by atoms with van der Waals surface area (Å²) < 4.78 is 10.8. The number of benzene rings is 2. The van der Waals surface area contributed by atoms with Crippen LogP contribution in [-0.2, 0) is 12.8 Å². The van der Waals surface area contributed by atoms with Crippen molar-refractivity contribution >= 4 is 16.8 Å². The Kier molecular flexibility index (Phi) is 4.29. The molecule has 134 valence electrons. The summed E-state index contributed by atoms with van der Waals surface area (Å²) in [6, 6.07) is 13.4. The smallest absolute Gasteiger partial charge is 0.251 e. The highest BCUT2D eigenvalue weighted by atomic mass is 16.5. The molecule has 4 rings (SSSR count). The first-order valence-electron chi connectivity index (χ1n) is 8.89. The van der Waals surface area contributed by atoms with Crippen LogP contribution in [0, 0.1) is 0 Å². The lowest BCUT2D eigenvalue weighted by Gasteiger charge is -2.13. The molecule has 2 N–H and O–H groups in total. The minimum atomic E-state index is -0.0508. The maximum Gasteiger partial charge on any atom is 0.251 e. The van der Waals surface area contributed by atoms with Crippen LogP contribution in [0.5, 0.6) is 11.5 Å². The molecule has 1 heterocycles. The van der Waals surface area contributed by atoms with Crippen molar-refractivity contribution in [2.45, 2.75) is 25.8 Å². The number of nitrogens with one attached hydrogen (secondary N) is 2. The Morgan fingerprint density at radius 1 is 1.15 bits per heavy atom. The van der Waals surface area contributed by atoms with Crippen molar-refractivity contribution in [3.63, 3.8) is 0 Å². The normalized spacial score (nSPS) is 15.7. The number of aromatic amines is 1. The molecule has 1 amide bonds. The van der Waals surface area contributed by atoms with E-state index in [2.05, 4.69) is 16.4 Å². The number of H-pyrrole nitrogens is 1. The van der Waals surface area contributed by atoms with Gasteiger partial charge in [0, 0.05) is 34.6 Å². The third-order valence-electron chi connectivity index (χ3n) is 4.87. The number of hydrogen-bond acceptors (Lipinski definition) is 3. The molecule has 0 spiro atoms. The predicted octanol–water partition coefficient (Wildman–Crippen LogP) is 3.47. The molecule has 0 bridgehead atoms. The first-order valence-corrected chi connectivity index (χ1v) is 8.89. The highest BCUT2D eigenvalue weighted by molar-refractivity contribution is 5.95. The van der Waals surface area contributed by atoms with E-state index in [1.165, 1.54) is 16.6 Å². The number of rotatable bonds is 5. The topological polar surface area (TPSA) is 63.3 Å². The van der Waals surface area contributed by atoms with Gasteiger partial charge in [-0.05, 0) is 61.4 Å². The number of carbonyl (C=O) groups is 1. The van der Waals surface area contributed by atoms with E-state index >= 15 is 0 Å². The molecular weight excluding hydrogens is 328 g/mol. The first-order chi connectivity index (χ1) is 12.7. The van der Waals surface area contributed by atoms with Gasteiger partial charge in [-0.1, -0.05) is 0 Å². The molecule has 5 nitrogen and oxygen atoms in total. The van der Waals surface area contributed by atoms with Crippen LogP contribution in [0.4, 0.5) is 0 Å². The second-order valence-electron chi connectivity index (χ2n) is 6.53. The standard InChI is InChI=1S/C21H22N2O3/c1-3-26-15-6-4-13(5-7-15)21(24)22-14-10-17-18-12-16(25-2)8-9-19(18)23-20(17)11-14/h4-9,12,14,23H,3,10-11H2,1-2H3,(H,22,24). The first kappa shape index (κ1) is 16.5. The van der Waals surface area contributed by atoms with Crippen LogP contribution in [0.25, 0.3) is 10.9 Å². The molecule has 1 atom stereocenters. The van der Waals surface area contributed by atoms with Gasteiger partial charge in [0.2, 0.25) is 0 Å². The monoisotopic (exact) mass is 350 g/mol. The van der Waals surface area contributed by atoms with Crippen molar-refractivity contribution in [3.05, 3.63) is 59.3 Å². The van der Waals surface area contributed by atoms with Gasteiger partial charge in [0.05, 0.1) is 13.7 Å². The lowest BCUT2D eigenvalue weighted by atomic mass is 10.1. The molecule has 3 aromatic rings. The molecule has 1 aromatic heterocycles. The SMILES string of the molecule is CCOc1ccc(C(=O)NC2Cc3[nH]c4ccc(OC)cc4c3C2)cc1. The second-order valence-corrected chi connectivity index (χ2v) is 6.53.